The van der Waals surface area contributed by atoms with E-state index in [9.17, 15) is 9.90 Å². The van der Waals surface area contributed by atoms with Crippen LogP contribution in [0, 0.1) is 6.92 Å². The summed E-state index contributed by atoms with van der Waals surface area (Å²) in [7, 11) is 0. The van der Waals surface area contributed by atoms with Crippen molar-refractivity contribution in [3.63, 3.8) is 0 Å². The minimum atomic E-state index is -0.998. The molecule has 1 atom stereocenters. The number of aliphatic hydroxyl groups is 2. The molecule has 0 bridgehead atoms. The Morgan fingerprint density at radius 2 is 2.11 bits per heavy atom. The standard InChI is InChI=1S/C20H22ClN3O3/c1-13-2-4-16(5-3-13)23-20(27)14-6-8-24(9-7-14)19-17(21)10-15(11-22-19)18(26)12-25/h2-6,10-11,18,25-26H,7-9,12H2,1H3,(H,23,27)/t18-/m0/s1. The molecular weight excluding hydrogens is 366 g/mol. The van der Waals surface area contributed by atoms with Crippen molar-refractivity contribution in [1.29, 1.82) is 0 Å². The summed E-state index contributed by atoms with van der Waals surface area (Å²) in [6.45, 7) is 2.75. The Balaban J connectivity index is 1.65. The van der Waals surface area contributed by atoms with Crippen LogP contribution in [0.3, 0.4) is 0 Å². The SMILES string of the molecule is Cc1ccc(NC(=O)C2=CCN(c3ncc([C@@H](O)CO)cc3Cl)CC2)cc1. The molecule has 6 nitrogen and oxygen atoms in total. The number of carbonyl (C=O) groups is 1. The molecule has 142 valence electrons. The first kappa shape index (κ1) is 19.4. The summed E-state index contributed by atoms with van der Waals surface area (Å²) in [5.41, 5.74) is 3.12. The van der Waals surface area contributed by atoms with Crippen LogP contribution in [-0.2, 0) is 4.79 Å². The van der Waals surface area contributed by atoms with Crippen LogP contribution in [-0.4, -0.2) is 40.8 Å². The highest BCUT2D eigenvalue weighted by Crippen LogP contribution is 2.28. The summed E-state index contributed by atoms with van der Waals surface area (Å²) in [4.78, 5) is 18.7. The second-order valence-electron chi connectivity index (χ2n) is 6.52. The van der Waals surface area contributed by atoms with E-state index in [2.05, 4.69) is 10.3 Å². The van der Waals surface area contributed by atoms with Crippen molar-refractivity contribution < 1.29 is 15.0 Å². The Morgan fingerprint density at radius 3 is 2.70 bits per heavy atom. The van der Waals surface area contributed by atoms with Gasteiger partial charge in [0.15, 0.2) is 0 Å². The van der Waals surface area contributed by atoms with Gasteiger partial charge in [0.2, 0.25) is 0 Å². The summed E-state index contributed by atoms with van der Waals surface area (Å²) >= 11 is 6.29. The molecule has 2 heterocycles. The van der Waals surface area contributed by atoms with Gasteiger partial charge in [-0.05, 0) is 31.5 Å². The molecule has 3 N–H and O–H groups in total. The van der Waals surface area contributed by atoms with E-state index < -0.39 is 6.10 Å². The van der Waals surface area contributed by atoms with E-state index >= 15 is 0 Å². The Hall–Kier alpha value is -2.41. The highest BCUT2D eigenvalue weighted by molar-refractivity contribution is 6.33. The Kier molecular flexibility index (Phi) is 6.11. The number of hydrogen-bond acceptors (Lipinski definition) is 5. The van der Waals surface area contributed by atoms with E-state index in [0.29, 0.717) is 35.9 Å². The Morgan fingerprint density at radius 1 is 1.37 bits per heavy atom. The fourth-order valence-corrected chi connectivity index (χ4v) is 3.18. The fourth-order valence-electron chi connectivity index (χ4n) is 2.88. The number of hydrogen-bond donors (Lipinski definition) is 3. The first-order valence-electron chi connectivity index (χ1n) is 8.74. The highest BCUT2D eigenvalue weighted by atomic mass is 35.5. The average Bonchev–Trinajstić information content (AvgIpc) is 2.69. The zero-order chi connectivity index (χ0) is 19.4. The zero-order valence-corrected chi connectivity index (χ0v) is 15.8. The predicted molar refractivity (Wildman–Crippen MR) is 106 cm³/mol. The van der Waals surface area contributed by atoms with Gasteiger partial charge in [-0.3, -0.25) is 4.79 Å². The molecule has 0 unspecified atom stereocenters. The highest BCUT2D eigenvalue weighted by Gasteiger charge is 2.20. The van der Waals surface area contributed by atoms with E-state index in [1.807, 2.05) is 42.2 Å². The van der Waals surface area contributed by atoms with E-state index in [0.717, 1.165) is 16.8 Å². The van der Waals surface area contributed by atoms with Gasteiger partial charge in [0, 0.05) is 36.1 Å². The number of nitrogens with one attached hydrogen (secondary N) is 1. The summed E-state index contributed by atoms with van der Waals surface area (Å²) in [5.74, 6) is 0.499. The number of halogens is 1. The summed E-state index contributed by atoms with van der Waals surface area (Å²) in [6, 6.07) is 9.29. The second-order valence-corrected chi connectivity index (χ2v) is 6.93. The number of carbonyl (C=O) groups excluding carboxylic acids is 1. The lowest BCUT2D eigenvalue weighted by Crippen LogP contribution is -2.32. The van der Waals surface area contributed by atoms with Gasteiger partial charge in [0.05, 0.1) is 11.6 Å². The molecule has 1 aromatic carbocycles. The molecule has 1 aliphatic rings. The molecule has 27 heavy (non-hydrogen) atoms. The summed E-state index contributed by atoms with van der Waals surface area (Å²) < 4.78 is 0. The van der Waals surface area contributed by atoms with Crippen molar-refractivity contribution in [2.45, 2.75) is 19.4 Å². The lowest BCUT2D eigenvalue weighted by molar-refractivity contribution is -0.113. The maximum Gasteiger partial charge on any atom is 0.251 e. The maximum absolute atomic E-state index is 12.4. The molecule has 3 rings (SSSR count). The van der Waals surface area contributed by atoms with Crippen LogP contribution in [0.2, 0.25) is 5.02 Å². The normalized spacial score (nSPS) is 15.3. The molecule has 2 aromatic rings. The number of nitrogens with zero attached hydrogens (tertiary/aromatic N) is 2. The molecule has 0 saturated heterocycles. The van der Waals surface area contributed by atoms with Gasteiger partial charge in [-0.15, -0.1) is 0 Å². The van der Waals surface area contributed by atoms with Crippen molar-refractivity contribution in [2.24, 2.45) is 0 Å². The van der Waals surface area contributed by atoms with Gasteiger partial charge in [-0.25, -0.2) is 4.98 Å². The van der Waals surface area contributed by atoms with E-state index in [1.54, 1.807) is 6.07 Å². The molecule has 0 aliphatic carbocycles. The number of aliphatic hydroxyl groups excluding tert-OH is 2. The van der Waals surface area contributed by atoms with Crippen molar-refractivity contribution in [3.05, 3.63) is 64.3 Å². The van der Waals surface area contributed by atoms with Gasteiger partial charge < -0.3 is 20.4 Å². The number of rotatable bonds is 5. The maximum atomic E-state index is 12.4. The van der Waals surface area contributed by atoms with E-state index in [4.69, 9.17) is 16.7 Å². The van der Waals surface area contributed by atoms with Crippen LogP contribution in [0.25, 0.3) is 0 Å². The molecule has 7 heteroatoms. The number of aromatic nitrogens is 1. The van der Waals surface area contributed by atoms with E-state index in [-0.39, 0.29) is 12.5 Å². The third-order valence-electron chi connectivity index (χ3n) is 4.51. The monoisotopic (exact) mass is 387 g/mol. The third kappa shape index (κ3) is 4.66. The first-order valence-corrected chi connectivity index (χ1v) is 9.12. The predicted octanol–water partition coefficient (Wildman–Crippen LogP) is 2.84. The second kappa shape index (κ2) is 8.52. The van der Waals surface area contributed by atoms with Crippen molar-refractivity contribution in [3.8, 4) is 0 Å². The molecular formula is C20H22ClN3O3. The number of benzene rings is 1. The fraction of sp³-hybridized carbons (Fsp3) is 0.300. The van der Waals surface area contributed by atoms with Gasteiger partial charge in [0.1, 0.15) is 11.9 Å². The van der Waals surface area contributed by atoms with Crippen molar-refractivity contribution in [1.82, 2.24) is 4.98 Å². The smallest absolute Gasteiger partial charge is 0.251 e. The molecule has 0 radical (unpaired) electrons. The topological polar surface area (TPSA) is 85.7 Å². The lowest BCUT2D eigenvalue weighted by Gasteiger charge is -2.28. The van der Waals surface area contributed by atoms with Crippen LogP contribution in [0.1, 0.15) is 23.7 Å². The van der Waals surface area contributed by atoms with Crippen molar-refractivity contribution >= 4 is 29.0 Å². The molecule has 1 aliphatic heterocycles. The van der Waals surface area contributed by atoms with Crippen LogP contribution >= 0.6 is 11.6 Å². The van der Waals surface area contributed by atoms with Gasteiger partial charge >= 0.3 is 0 Å². The Labute approximate surface area is 163 Å². The molecule has 1 aromatic heterocycles. The number of amides is 1. The minimum absolute atomic E-state index is 0.0982. The molecule has 0 spiro atoms. The largest absolute Gasteiger partial charge is 0.393 e. The quantitative estimate of drug-likeness (QED) is 0.734. The van der Waals surface area contributed by atoms with Crippen LogP contribution < -0.4 is 10.2 Å². The van der Waals surface area contributed by atoms with Gasteiger partial charge in [-0.2, -0.15) is 0 Å². The minimum Gasteiger partial charge on any atom is -0.393 e. The summed E-state index contributed by atoms with van der Waals surface area (Å²) in [5, 5.41) is 22.0. The Bertz CT molecular complexity index is 852. The van der Waals surface area contributed by atoms with Gasteiger partial charge in [-0.1, -0.05) is 35.4 Å². The number of aryl methyl sites for hydroxylation is 1. The lowest BCUT2D eigenvalue weighted by atomic mass is 10.1. The third-order valence-corrected chi connectivity index (χ3v) is 4.79. The van der Waals surface area contributed by atoms with Crippen LogP contribution in [0.5, 0.6) is 0 Å². The molecule has 1 amide bonds. The molecule has 0 saturated carbocycles. The van der Waals surface area contributed by atoms with E-state index in [1.165, 1.54) is 6.20 Å². The number of anilines is 2. The number of pyridine rings is 1. The van der Waals surface area contributed by atoms with Gasteiger partial charge in [0.25, 0.3) is 5.91 Å². The first-order chi connectivity index (χ1) is 13.0. The average molecular weight is 388 g/mol. The van der Waals surface area contributed by atoms with Crippen LogP contribution in [0.4, 0.5) is 11.5 Å². The molecule has 0 fully saturated rings. The zero-order valence-electron chi connectivity index (χ0n) is 15.0. The summed E-state index contributed by atoms with van der Waals surface area (Å²) in [6.07, 6.45) is 2.96. The van der Waals surface area contributed by atoms with Crippen LogP contribution in [0.15, 0.2) is 48.2 Å². The van der Waals surface area contributed by atoms with Crippen molar-refractivity contribution in [2.75, 3.05) is 29.9 Å².